The van der Waals surface area contributed by atoms with Crippen LogP contribution < -0.4 is 4.52 Å². The van der Waals surface area contributed by atoms with Crippen LogP contribution in [0, 0.1) is 12.8 Å². The Morgan fingerprint density at radius 2 is 1.94 bits per heavy atom. The third-order valence-electron chi connectivity index (χ3n) is 1.99. The molecule has 0 amide bonds. The lowest BCUT2D eigenvalue weighted by Crippen LogP contribution is -2.12. The quantitative estimate of drug-likeness (QED) is 0.505. The Morgan fingerprint density at radius 1 is 1.33 bits per heavy atom. The molecule has 0 saturated heterocycles. The summed E-state index contributed by atoms with van der Waals surface area (Å²) < 4.78 is 20.4. The van der Waals surface area contributed by atoms with E-state index in [0.717, 1.165) is 0 Å². The van der Waals surface area contributed by atoms with Crippen molar-refractivity contribution in [1.29, 1.82) is 0 Å². The predicted octanol–water partition coefficient (Wildman–Crippen LogP) is 2.61. The average Bonchev–Trinajstić information content (AvgIpc) is 2.29. The van der Waals surface area contributed by atoms with Gasteiger partial charge in [-0.1, -0.05) is 36.7 Å². The minimum Gasteiger partial charge on any atom is -0.402 e. The summed E-state index contributed by atoms with van der Waals surface area (Å²) in [5.74, 6) is -1.04. The van der Waals surface area contributed by atoms with Crippen molar-refractivity contribution >= 4 is 13.8 Å². The van der Waals surface area contributed by atoms with Crippen molar-refractivity contribution < 1.29 is 28.3 Å². The summed E-state index contributed by atoms with van der Waals surface area (Å²) in [6.45, 7) is 4.84. The lowest BCUT2D eigenvalue weighted by molar-refractivity contribution is -0.225. The molecule has 1 aromatic carbocycles. The van der Waals surface area contributed by atoms with Gasteiger partial charge in [-0.2, -0.15) is 0 Å². The summed E-state index contributed by atoms with van der Waals surface area (Å²) in [4.78, 5) is 24.6. The van der Waals surface area contributed by atoms with Crippen molar-refractivity contribution in [1.82, 2.24) is 0 Å². The number of rotatable bonds is 5. The van der Waals surface area contributed by atoms with E-state index in [-0.39, 0.29) is 5.75 Å². The van der Waals surface area contributed by atoms with Crippen LogP contribution in [0.3, 0.4) is 0 Å². The van der Waals surface area contributed by atoms with Crippen LogP contribution >= 0.6 is 7.82 Å². The molecule has 1 unspecified atom stereocenters. The lowest BCUT2D eigenvalue weighted by Gasteiger charge is -2.13. The van der Waals surface area contributed by atoms with Gasteiger partial charge in [0.2, 0.25) is 0 Å². The summed E-state index contributed by atoms with van der Waals surface area (Å²) in [7, 11) is -4.48. The molecule has 1 aromatic rings. The predicted molar refractivity (Wildman–Crippen MR) is 63.6 cm³/mol. The molecule has 7 heteroatoms. The van der Waals surface area contributed by atoms with E-state index in [0.29, 0.717) is 5.56 Å². The molecule has 18 heavy (non-hydrogen) atoms. The molecule has 100 valence electrons. The summed E-state index contributed by atoms with van der Waals surface area (Å²) in [5, 5.41) is 0. The second-order valence-corrected chi connectivity index (χ2v) is 5.23. The van der Waals surface area contributed by atoms with E-state index in [1.807, 2.05) is 0 Å². The Bertz CT molecular complexity index is 470. The van der Waals surface area contributed by atoms with Crippen LogP contribution in [0.2, 0.25) is 0 Å². The summed E-state index contributed by atoms with van der Waals surface area (Å²) >= 11 is 0. The van der Waals surface area contributed by atoms with Crippen LogP contribution in [-0.2, 0) is 18.9 Å². The molecule has 0 aromatic heterocycles. The number of carbonyl (C=O) groups is 1. The maximum atomic E-state index is 11.5. The highest BCUT2D eigenvalue weighted by atomic mass is 31.2. The van der Waals surface area contributed by atoms with Crippen molar-refractivity contribution in [2.24, 2.45) is 5.92 Å². The fourth-order valence-electron chi connectivity index (χ4n) is 0.978. The molecule has 0 bridgehead atoms. The van der Waals surface area contributed by atoms with Crippen LogP contribution in [0.4, 0.5) is 0 Å². The summed E-state index contributed by atoms with van der Waals surface area (Å²) in [6, 6.07) is 6.61. The van der Waals surface area contributed by atoms with E-state index >= 15 is 0 Å². The molecule has 0 aliphatic heterocycles. The molecule has 0 fully saturated rings. The molecule has 0 aliphatic rings. The zero-order valence-corrected chi connectivity index (χ0v) is 11.2. The molecule has 1 N–H and O–H groups in total. The number of hydrogen-bond acceptors (Lipinski definition) is 5. The Balaban J connectivity index is 2.63. The first kappa shape index (κ1) is 14.7. The van der Waals surface area contributed by atoms with Crippen LogP contribution in [0.5, 0.6) is 5.75 Å². The molecule has 0 aliphatic carbocycles. The van der Waals surface area contributed by atoms with Crippen LogP contribution in [0.1, 0.15) is 19.4 Å². The summed E-state index contributed by atoms with van der Waals surface area (Å²) in [6.07, 6.45) is 0. The second kappa shape index (κ2) is 6.00. The molecule has 0 radical (unpaired) electrons. The Morgan fingerprint density at radius 3 is 2.50 bits per heavy atom. The zero-order valence-electron chi connectivity index (χ0n) is 10.3. The van der Waals surface area contributed by atoms with Crippen molar-refractivity contribution in [3.05, 3.63) is 29.8 Å². The van der Waals surface area contributed by atoms with E-state index in [1.165, 1.54) is 6.07 Å². The summed E-state index contributed by atoms with van der Waals surface area (Å²) in [5.41, 5.74) is 0.658. The van der Waals surface area contributed by atoms with E-state index in [4.69, 9.17) is 4.52 Å². The molecule has 6 nitrogen and oxygen atoms in total. The van der Waals surface area contributed by atoms with Gasteiger partial charge in [-0.3, -0.25) is 9.78 Å². The second-order valence-electron chi connectivity index (χ2n) is 3.96. The molecule has 0 saturated carbocycles. The zero-order chi connectivity index (χ0) is 13.8. The van der Waals surface area contributed by atoms with Crippen molar-refractivity contribution in [3.8, 4) is 5.75 Å². The Kier molecular flexibility index (Phi) is 4.90. The topological polar surface area (TPSA) is 82.1 Å². The molecule has 0 heterocycles. The van der Waals surface area contributed by atoms with Crippen LogP contribution in [0.25, 0.3) is 0 Å². The van der Waals surface area contributed by atoms with Gasteiger partial charge < -0.3 is 4.52 Å². The van der Waals surface area contributed by atoms with E-state index in [2.05, 4.69) is 9.56 Å². The number of phosphoric ester groups is 1. The third kappa shape index (κ3) is 4.49. The van der Waals surface area contributed by atoms with E-state index in [1.54, 1.807) is 39.0 Å². The molecule has 1 rings (SSSR count). The number of hydrogen-bond donors (Lipinski definition) is 1. The molecule has 1 atom stereocenters. The van der Waals surface area contributed by atoms with E-state index in [9.17, 15) is 14.3 Å². The van der Waals surface area contributed by atoms with Gasteiger partial charge in [0.05, 0.1) is 5.92 Å². The minimum absolute atomic E-state index is 0.184. The first-order valence-electron chi connectivity index (χ1n) is 5.30. The van der Waals surface area contributed by atoms with Crippen molar-refractivity contribution in [3.63, 3.8) is 0 Å². The van der Waals surface area contributed by atoms with Gasteiger partial charge in [-0.05, 0) is 18.6 Å². The van der Waals surface area contributed by atoms with Gasteiger partial charge in [-0.25, -0.2) is 9.36 Å². The molecular formula is C11H15O6P. The SMILES string of the molecule is Cc1ccccc1OP(=O)(O)OOC(=O)C(C)C. The lowest BCUT2D eigenvalue weighted by atomic mass is 10.2. The van der Waals surface area contributed by atoms with Gasteiger partial charge in [0.25, 0.3) is 0 Å². The van der Waals surface area contributed by atoms with Gasteiger partial charge in [0.15, 0.2) is 0 Å². The van der Waals surface area contributed by atoms with Gasteiger partial charge in [-0.15, -0.1) is 0 Å². The maximum Gasteiger partial charge on any atom is 0.564 e. The van der Waals surface area contributed by atoms with Crippen molar-refractivity contribution in [2.75, 3.05) is 0 Å². The normalized spacial score (nSPS) is 14.1. The highest BCUT2D eigenvalue weighted by molar-refractivity contribution is 7.47. The highest BCUT2D eigenvalue weighted by Crippen LogP contribution is 2.44. The maximum absolute atomic E-state index is 11.5. The van der Waals surface area contributed by atoms with Crippen molar-refractivity contribution in [2.45, 2.75) is 20.8 Å². The van der Waals surface area contributed by atoms with Crippen LogP contribution in [-0.4, -0.2) is 10.9 Å². The minimum atomic E-state index is -4.48. The van der Waals surface area contributed by atoms with Crippen LogP contribution in [0.15, 0.2) is 24.3 Å². The number of carbonyl (C=O) groups excluding carboxylic acids is 1. The first-order chi connectivity index (χ1) is 8.32. The standard InChI is InChI=1S/C11H15O6P/c1-8(2)11(12)15-17-18(13,14)16-10-7-5-4-6-9(10)3/h4-8H,1-3H3,(H,13,14). The Hall–Kier alpha value is -1.36. The fraction of sp³-hybridized carbons (Fsp3) is 0.364. The highest BCUT2D eigenvalue weighted by Gasteiger charge is 2.28. The number of aryl methyl sites for hydroxylation is 1. The average molecular weight is 274 g/mol. The Labute approximate surface area is 105 Å². The number of para-hydroxylation sites is 1. The largest absolute Gasteiger partial charge is 0.564 e. The smallest absolute Gasteiger partial charge is 0.402 e. The fourth-order valence-corrected chi connectivity index (χ4v) is 1.63. The number of phosphoric acid groups is 1. The molecule has 0 spiro atoms. The third-order valence-corrected chi connectivity index (χ3v) is 2.68. The van der Waals surface area contributed by atoms with Gasteiger partial charge in [0.1, 0.15) is 5.75 Å². The molecular weight excluding hydrogens is 259 g/mol. The van der Waals surface area contributed by atoms with Gasteiger partial charge in [0, 0.05) is 0 Å². The van der Waals surface area contributed by atoms with E-state index < -0.39 is 19.7 Å². The number of benzene rings is 1. The first-order valence-corrected chi connectivity index (χ1v) is 6.79. The van der Waals surface area contributed by atoms with Gasteiger partial charge >= 0.3 is 13.8 Å². The monoisotopic (exact) mass is 274 g/mol.